The maximum atomic E-state index is 15.2. The first-order valence-electron chi connectivity index (χ1n) is 22.1. The SMILES string of the molecule is Cc1ccc(Nc2c3c(=O)n(C4CC4)c(=O)n(-c4cccc(NC(=O)C5CCN(CC6CCN(c7cccc(C8CCC(=O)NC8=O)c7)CC6)CC5)c4)c3c(C)c(=O)n2C)c(F)c1. The fourth-order valence-corrected chi connectivity index (χ4v) is 9.74. The number of anilines is 4. The van der Waals surface area contributed by atoms with Crippen molar-refractivity contribution in [3.63, 3.8) is 0 Å². The Morgan fingerprint density at radius 2 is 1.54 bits per heavy atom. The van der Waals surface area contributed by atoms with Gasteiger partial charge in [-0.25, -0.2) is 9.18 Å². The highest BCUT2D eigenvalue weighted by Crippen LogP contribution is 2.35. The first-order valence-corrected chi connectivity index (χ1v) is 22.1. The summed E-state index contributed by atoms with van der Waals surface area (Å²) in [6, 6.07) is 19.4. The van der Waals surface area contributed by atoms with E-state index in [2.05, 4.69) is 37.9 Å². The number of amides is 3. The molecule has 1 unspecified atom stereocenters. The highest BCUT2D eigenvalue weighted by molar-refractivity contribution is 6.01. The van der Waals surface area contributed by atoms with Gasteiger partial charge in [0.2, 0.25) is 17.7 Å². The molecule has 9 rings (SSSR count). The molecule has 5 heterocycles. The topological polar surface area (TPSA) is 160 Å². The van der Waals surface area contributed by atoms with Gasteiger partial charge in [0.1, 0.15) is 17.0 Å². The van der Waals surface area contributed by atoms with E-state index in [4.69, 9.17) is 0 Å². The molecule has 328 valence electrons. The van der Waals surface area contributed by atoms with E-state index >= 15 is 4.39 Å². The smallest absolute Gasteiger partial charge is 0.336 e. The number of nitrogens with one attached hydrogen (secondary N) is 3. The van der Waals surface area contributed by atoms with Gasteiger partial charge < -0.3 is 20.4 Å². The molecule has 3 aromatic carbocycles. The molecule has 4 fully saturated rings. The third-order valence-electron chi connectivity index (χ3n) is 13.5. The molecule has 14 nitrogen and oxygen atoms in total. The van der Waals surface area contributed by atoms with Gasteiger partial charge in [0, 0.05) is 62.0 Å². The summed E-state index contributed by atoms with van der Waals surface area (Å²) in [6.45, 7) is 7.79. The molecule has 3 amide bonds. The zero-order valence-electron chi connectivity index (χ0n) is 35.9. The lowest BCUT2D eigenvalue weighted by molar-refractivity contribution is -0.134. The van der Waals surface area contributed by atoms with Crippen molar-refractivity contribution in [2.24, 2.45) is 18.9 Å². The molecule has 1 atom stereocenters. The number of hydrogen-bond donors (Lipinski definition) is 3. The van der Waals surface area contributed by atoms with Crippen molar-refractivity contribution in [1.29, 1.82) is 0 Å². The molecule has 5 aromatic rings. The number of fused-ring (bicyclic) bond motifs is 1. The van der Waals surface area contributed by atoms with Crippen LogP contribution >= 0.6 is 0 Å². The summed E-state index contributed by atoms with van der Waals surface area (Å²) >= 11 is 0. The number of aromatic nitrogens is 3. The lowest BCUT2D eigenvalue weighted by Crippen LogP contribution is -2.43. The Bertz CT molecular complexity index is 2830. The molecular formula is C48H53FN8O6. The van der Waals surface area contributed by atoms with Crippen LogP contribution < -0.4 is 37.7 Å². The molecule has 2 aromatic heterocycles. The van der Waals surface area contributed by atoms with Gasteiger partial charge >= 0.3 is 5.69 Å². The molecular weight excluding hydrogens is 804 g/mol. The van der Waals surface area contributed by atoms with Crippen LogP contribution in [0.2, 0.25) is 0 Å². The summed E-state index contributed by atoms with van der Waals surface area (Å²) in [5.74, 6) is -0.952. The molecule has 0 bridgehead atoms. The quantitative estimate of drug-likeness (QED) is 0.148. The normalized spacial score (nSPS) is 19.0. The summed E-state index contributed by atoms with van der Waals surface area (Å²) in [7, 11) is 1.51. The van der Waals surface area contributed by atoms with Gasteiger partial charge in [0.05, 0.1) is 22.8 Å². The second-order valence-corrected chi connectivity index (χ2v) is 17.8. The van der Waals surface area contributed by atoms with Gasteiger partial charge in [-0.3, -0.25) is 43.0 Å². The van der Waals surface area contributed by atoms with E-state index in [9.17, 15) is 28.8 Å². The van der Waals surface area contributed by atoms with Crippen molar-refractivity contribution in [1.82, 2.24) is 23.9 Å². The van der Waals surface area contributed by atoms with Gasteiger partial charge in [0.25, 0.3) is 11.1 Å². The average Bonchev–Trinajstić information content (AvgIpc) is 4.11. The lowest BCUT2D eigenvalue weighted by Gasteiger charge is -2.38. The molecule has 1 aliphatic carbocycles. The number of rotatable bonds is 10. The maximum absolute atomic E-state index is 15.2. The number of nitrogens with zero attached hydrogens (tertiary/aromatic N) is 5. The molecule has 63 heavy (non-hydrogen) atoms. The second-order valence-electron chi connectivity index (χ2n) is 17.8. The van der Waals surface area contributed by atoms with Crippen LogP contribution in [0.5, 0.6) is 0 Å². The van der Waals surface area contributed by atoms with Crippen LogP contribution in [0.1, 0.15) is 80.0 Å². The first-order chi connectivity index (χ1) is 30.3. The Balaban J connectivity index is 0.870. The molecule has 1 saturated carbocycles. The summed E-state index contributed by atoms with van der Waals surface area (Å²) < 4.78 is 19.0. The monoisotopic (exact) mass is 856 g/mol. The fraction of sp³-hybridized carbons (Fsp3) is 0.417. The van der Waals surface area contributed by atoms with Crippen molar-refractivity contribution in [2.75, 3.05) is 48.3 Å². The number of aryl methyl sites for hydroxylation is 2. The van der Waals surface area contributed by atoms with Crippen molar-refractivity contribution in [3.05, 3.63) is 120 Å². The first kappa shape index (κ1) is 42.0. The molecule has 4 aliphatic rings. The van der Waals surface area contributed by atoms with Crippen LogP contribution in [-0.2, 0) is 21.4 Å². The summed E-state index contributed by atoms with van der Waals surface area (Å²) in [4.78, 5) is 85.1. The van der Waals surface area contributed by atoms with Crippen molar-refractivity contribution in [3.8, 4) is 5.69 Å². The van der Waals surface area contributed by atoms with Crippen molar-refractivity contribution < 1.29 is 18.8 Å². The number of carbonyl (C=O) groups excluding carboxylic acids is 3. The van der Waals surface area contributed by atoms with E-state index in [0.29, 0.717) is 61.4 Å². The van der Waals surface area contributed by atoms with Crippen LogP contribution in [0, 0.1) is 31.5 Å². The van der Waals surface area contributed by atoms with Gasteiger partial charge in [-0.1, -0.05) is 24.3 Å². The Hall–Kier alpha value is -6.35. The summed E-state index contributed by atoms with van der Waals surface area (Å²) in [5, 5.41) is 8.64. The minimum atomic E-state index is -0.584. The molecule has 0 radical (unpaired) electrons. The highest BCUT2D eigenvalue weighted by atomic mass is 19.1. The molecule has 0 spiro atoms. The number of hydrogen-bond acceptors (Lipinski definition) is 9. The predicted octanol–water partition coefficient (Wildman–Crippen LogP) is 5.77. The Labute approximate surface area is 363 Å². The highest BCUT2D eigenvalue weighted by Gasteiger charge is 2.33. The molecule has 3 saturated heterocycles. The Kier molecular flexibility index (Phi) is 11.4. The number of piperidine rings is 3. The van der Waals surface area contributed by atoms with Gasteiger partial charge in [-0.2, -0.15) is 0 Å². The Morgan fingerprint density at radius 3 is 2.25 bits per heavy atom. The third-order valence-corrected chi connectivity index (χ3v) is 13.5. The number of carbonyl (C=O) groups is 3. The van der Waals surface area contributed by atoms with E-state index < -0.39 is 22.6 Å². The largest absolute Gasteiger partial charge is 0.372 e. The predicted molar refractivity (Wildman–Crippen MR) is 241 cm³/mol. The summed E-state index contributed by atoms with van der Waals surface area (Å²) in [5.41, 5.74) is 2.43. The van der Waals surface area contributed by atoms with Crippen molar-refractivity contribution >= 4 is 51.5 Å². The summed E-state index contributed by atoms with van der Waals surface area (Å²) in [6.07, 6.45) is 5.73. The number of likely N-dealkylation sites (tertiary alicyclic amines) is 1. The van der Waals surface area contributed by atoms with Crippen LogP contribution in [0.25, 0.3) is 16.6 Å². The Morgan fingerprint density at radius 1 is 0.810 bits per heavy atom. The second kappa shape index (κ2) is 17.1. The standard InChI is InChI=1S/C48H53FN8O6/c1-28-10-14-39(38(49)24-28)51-43-41-42(29(2)46(61)53(43)3)56(48(63)57(47(41)62)34-11-12-34)36-9-5-7-33(26-36)50-44(59)31-18-20-54(21-19-31)27-30-16-22-55(23-17-30)35-8-4-6-32(25-35)37-13-15-40(58)52-45(37)60/h4-10,14,24-26,30-31,34,37,51H,11-13,15-23,27H2,1-3H3,(H,50,59)(H,52,58,60). The van der Waals surface area contributed by atoms with Gasteiger partial charge in [-0.05, 0) is 131 Å². The van der Waals surface area contributed by atoms with Crippen LogP contribution in [-0.4, -0.2) is 69.0 Å². The van der Waals surface area contributed by atoms with E-state index in [1.165, 1.54) is 26.8 Å². The zero-order chi connectivity index (χ0) is 44.1. The van der Waals surface area contributed by atoms with E-state index in [1.54, 1.807) is 50.2 Å². The lowest BCUT2D eigenvalue weighted by atomic mass is 9.89. The van der Waals surface area contributed by atoms with E-state index in [-0.39, 0.29) is 63.6 Å². The molecule has 3 aliphatic heterocycles. The third kappa shape index (κ3) is 8.33. The fourth-order valence-electron chi connectivity index (χ4n) is 9.74. The number of imide groups is 1. The number of pyridine rings is 1. The van der Waals surface area contributed by atoms with Crippen LogP contribution in [0.3, 0.4) is 0 Å². The zero-order valence-corrected chi connectivity index (χ0v) is 35.9. The van der Waals surface area contributed by atoms with Crippen molar-refractivity contribution in [2.45, 2.75) is 77.2 Å². The molecule has 15 heteroatoms. The van der Waals surface area contributed by atoms with Crippen LogP contribution in [0.15, 0.2) is 81.1 Å². The van der Waals surface area contributed by atoms with Gasteiger partial charge in [-0.15, -0.1) is 0 Å². The number of benzene rings is 3. The van der Waals surface area contributed by atoms with Crippen LogP contribution in [0.4, 0.5) is 27.3 Å². The molecule has 3 N–H and O–H groups in total. The maximum Gasteiger partial charge on any atom is 0.336 e. The van der Waals surface area contributed by atoms with E-state index in [1.807, 2.05) is 12.1 Å². The number of halogens is 1. The van der Waals surface area contributed by atoms with Gasteiger partial charge in [0.15, 0.2) is 0 Å². The minimum Gasteiger partial charge on any atom is -0.372 e. The minimum absolute atomic E-state index is 0.0760. The average molecular weight is 857 g/mol. The van der Waals surface area contributed by atoms with E-state index in [0.717, 1.165) is 56.8 Å².